The number of hydrogen-bond donors (Lipinski definition) is 1. The SMILES string of the molecule is COc1cc(C)c(C)cc1C1(C(C)CCN)COC1. The van der Waals surface area contributed by atoms with Crippen molar-refractivity contribution in [2.75, 3.05) is 26.9 Å². The lowest BCUT2D eigenvalue weighted by Crippen LogP contribution is -2.52. The molecule has 1 aliphatic heterocycles. The van der Waals surface area contributed by atoms with E-state index in [1.54, 1.807) is 7.11 Å². The summed E-state index contributed by atoms with van der Waals surface area (Å²) in [5.74, 6) is 1.48. The summed E-state index contributed by atoms with van der Waals surface area (Å²) >= 11 is 0. The van der Waals surface area contributed by atoms with Gasteiger partial charge in [0.05, 0.1) is 20.3 Å². The Morgan fingerprint density at radius 3 is 2.42 bits per heavy atom. The highest BCUT2D eigenvalue weighted by Crippen LogP contribution is 2.45. The van der Waals surface area contributed by atoms with Gasteiger partial charge in [-0.3, -0.25) is 0 Å². The van der Waals surface area contributed by atoms with E-state index < -0.39 is 0 Å². The Kier molecular flexibility index (Phi) is 4.16. The predicted molar refractivity (Wildman–Crippen MR) is 77.8 cm³/mol. The van der Waals surface area contributed by atoms with Crippen molar-refractivity contribution >= 4 is 0 Å². The van der Waals surface area contributed by atoms with Crippen LogP contribution in [0.4, 0.5) is 0 Å². The largest absolute Gasteiger partial charge is 0.496 e. The lowest BCUT2D eigenvalue weighted by molar-refractivity contribution is -0.0891. The third kappa shape index (κ3) is 2.37. The maximum absolute atomic E-state index is 5.74. The molecule has 0 aromatic heterocycles. The molecule has 3 nitrogen and oxygen atoms in total. The molecule has 1 heterocycles. The number of benzene rings is 1. The summed E-state index contributed by atoms with van der Waals surface area (Å²) in [6.45, 7) is 8.80. The molecule has 0 saturated carbocycles. The lowest BCUT2D eigenvalue weighted by Gasteiger charge is -2.47. The van der Waals surface area contributed by atoms with E-state index in [0.717, 1.165) is 31.9 Å². The van der Waals surface area contributed by atoms with Crippen LogP contribution >= 0.6 is 0 Å². The zero-order valence-corrected chi connectivity index (χ0v) is 12.5. The lowest BCUT2D eigenvalue weighted by atomic mass is 9.67. The molecule has 2 rings (SSSR count). The highest BCUT2D eigenvalue weighted by Gasteiger charge is 2.46. The normalized spacial score (nSPS) is 18.8. The highest BCUT2D eigenvalue weighted by molar-refractivity contribution is 5.47. The first-order chi connectivity index (χ1) is 9.05. The Hall–Kier alpha value is -1.06. The van der Waals surface area contributed by atoms with Crippen LogP contribution in [0.2, 0.25) is 0 Å². The maximum Gasteiger partial charge on any atom is 0.123 e. The molecule has 0 radical (unpaired) electrons. The van der Waals surface area contributed by atoms with Gasteiger partial charge >= 0.3 is 0 Å². The van der Waals surface area contributed by atoms with E-state index in [0.29, 0.717) is 5.92 Å². The summed E-state index contributed by atoms with van der Waals surface area (Å²) < 4.78 is 11.1. The van der Waals surface area contributed by atoms with Crippen LogP contribution in [0.1, 0.15) is 30.0 Å². The number of hydrogen-bond acceptors (Lipinski definition) is 3. The number of rotatable bonds is 5. The van der Waals surface area contributed by atoms with E-state index >= 15 is 0 Å². The summed E-state index contributed by atoms with van der Waals surface area (Å²) in [7, 11) is 1.74. The van der Waals surface area contributed by atoms with Crippen LogP contribution < -0.4 is 10.5 Å². The minimum atomic E-state index is 0.0726. The Morgan fingerprint density at radius 1 is 1.32 bits per heavy atom. The van der Waals surface area contributed by atoms with Crippen LogP contribution in [0, 0.1) is 19.8 Å². The summed E-state index contributed by atoms with van der Waals surface area (Å²) in [5.41, 5.74) is 9.66. The minimum absolute atomic E-state index is 0.0726. The molecule has 19 heavy (non-hydrogen) atoms. The second-order valence-corrected chi connectivity index (χ2v) is 5.76. The van der Waals surface area contributed by atoms with Gasteiger partial charge in [0.25, 0.3) is 0 Å². The van der Waals surface area contributed by atoms with Crippen LogP contribution in [0.5, 0.6) is 5.75 Å². The highest BCUT2D eigenvalue weighted by atomic mass is 16.5. The molecule has 2 N–H and O–H groups in total. The van der Waals surface area contributed by atoms with Crippen LogP contribution in [0.15, 0.2) is 12.1 Å². The van der Waals surface area contributed by atoms with E-state index in [4.69, 9.17) is 15.2 Å². The van der Waals surface area contributed by atoms with Gasteiger partial charge < -0.3 is 15.2 Å². The van der Waals surface area contributed by atoms with Crippen LogP contribution in [-0.2, 0) is 10.2 Å². The average Bonchev–Trinajstić information content (AvgIpc) is 2.32. The second-order valence-electron chi connectivity index (χ2n) is 5.76. The fourth-order valence-electron chi connectivity index (χ4n) is 2.90. The van der Waals surface area contributed by atoms with Crippen LogP contribution in [-0.4, -0.2) is 26.9 Å². The van der Waals surface area contributed by atoms with Crippen LogP contribution in [0.25, 0.3) is 0 Å². The summed E-state index contributed by atoms with van der Waals surface area (Å²) in [6, 6.07) is 4.41. The molecule has 1 unspecified atom stereocenters. The fourth-order valence-corrected chi connectivity index (χ4v) is 2.90. The van der Waals surface area contributed by atoms with E-state index in [-0.39, 0.29) is 5.41 Å². The van der Waals surface area contributed by atoms with Crippen molar-refractivity contribution in [1.29, 1.82) is 0 Å². The number of ether oxygens (including phenoxy) is 2. The molecule has 0 aliphatic carbocycles. The molecule has 0 spiro atoms. The molecule has 3 heteroatoms. The first-order valence-corrected chi connectivity index (χ1v) is 6.98. The van der Waals surface area contributed by atoms with Crippen molar-refractivity contribution < 1.29 is 9.47 Å². The first kappa shape index (κ1) is 14.4. The van der Waals surface area contributed by atoms with Gasteiger partial charge in [0, 0.05) is 11.0 Å². The zero-order chi connectivity index (χ0) is 14.0. The molecule has 1 aromatic rings. The van der Waals surface area contributed by atoms with Gasteiger partial charge in [-0.1, -0.05) is 13.0 Å². The van der Waals surface area contributed by atoms with Crippen molar-refractivity contribution in [3.8, 4) is 5.75 Å². The van der Waals surface area contributed by atoms with Crippen LogP contribution in [0.3, 0.4) is 0 Å². The van der Waals surface area contributed by atoms with Crippen molar-refractivity contribution in [3.63, 3.8) is 0 Å². The number of nitrogens with two attached hydrogens (primary N) is 1. The average molecular weight is 263 g/mol. The summed E-state index contributed by atoms with van der Waals surface area (Å²) in [5, 5.41) is 0. The maximum atomic E-state index is 5.74. The molecule has 1 atom stereocenters. The zero-order valence-electron chi connectivity index (χ0n) is 12.5. The smallest absolute Gasteiger partial charge is 0.123 e. The molecule has 0 bridgehead atoms. The minimum Gasteiger partial charge on any atom is -0.496 e. The van der Waals surface area contributed by atoms with Crippen molar-refractivity contribution in [3.05, 3.63) is 28.8 Å². The monoisotopic (exact) mass is 263 g/mol. The van der Waals surface area contributed by atoms with Crippen molar-refractivity contribution in [2.24, 2.45) is 11.7 Å². The van der Waals surface area contributed by atoms with Gasteiger partial charge in [0.1, 0.15) is 5.75 Å². The van der Waals surface area contributed by atoms with E-state index in [1.807, 2.05) is 0 Å². The van der Waals surface area contributed by atoms with Gasteiger partial charge in [0.15, 0.2) is 0 Å². The van der Waals surface area contributed by atoms with Gasteiger partial charge in [-0.2, -0.15) is 0 Å². The Balaban J connectivity index is 2.46. The molecule has 1 fully saturated rings. The Labute approximate surface area is 116 Å². The molecule has 1 aromatic carbocycles. The molecule has 106 valence electrons. The first-order valence-electron chi connectivity index (χ1n) is 6.98. The predicted octanol–water partition coefficient (Wildman–Crippen LogP) is 2.56. The van der Waals surface area contributed by atoms with Crippen molar-refractivity contribution in [1.82, 2.24) is 0 Å². The summed E-state index contributed by atoms with van der Waals surface area (Å²) in [6.07, 6.45) is 1.01. The van der Waals surface area contributed by atoms with Crippen molar-refractivity contribution in [2.45, 2.75) is 32.6 Å². The number of methoxy groups -OCH3 is 1. The topological polar surface area (TPSA) is 44.5 Å². The Morgan fingerprint density at radius 2 is 1.95 bits per heavy atom. The molecular formula is C16H25NO2. The molecule has 0 amide bonds. The van der Waals surface area contributed by atoms with E-state index in [1.165, 1.54) is 16.7 Å². The van der Waals surface area contributed by atoms with E-state index in [2.05, 4.69) is 32.9 Å². The third-order valence-corrected chi connectivity index (χ3v) is 4.61. The van der Waals surface area contributed by atoms with Gasteiger partial charge in [-0.05, 0) is 49.9 Å². The second kappa shape index (κ2) is 5.51. The standard InChI is InChI=1S/C16H25NO2/c1-11-7-14(15(18-4)8-12(11)2)16(9-19-10-16)13(3)5-6-17/h7-8,13H,5-6,9-10,17H2,1-4H3. The Bertz CT molecular complexity index is 452. The van der Waals surface area contributed by atoms with E-state index in [9.17, 15) is 0 Å². The summed E-state index contributed by atoms with van der Waals surface area (Å²) in [4.78, 5) is 0. The molecule has 1 saturated heterocycles. The number of aryl methyl sites for hydroxylation is 2. The molecular weight excluding hydrogens is 238 g/mol. The fraction of sp³-hybridized carbons (Fsp3) is 0.625. The van der Waals surface area contributed by atoms with Gasteiger partial charge in [-0.15, -0.1) is 0 Å². The third-order valence-electron chi connectivity index (χ3n) is 4.61. The van der Waals surface area contributed by atoms with Gasteiger partial charge in [0.2, 0.25) is 0 Å². The quantitative estimate of drug-likeness (QED) is 0.888. The van der Waals surface area contributed by atoms with Gasteiger partial charge in [-0.25, -0.2) is 0 Å². The molecule has 1 aliphatic rings.